The Morgan fingerprint density at radius 2 is 1.89 bits per heavy atom. The van der Waals surface area contributed by atoms with Crippen LogP contribution < -0.4 is 10.6 Å². The van der Waals surface area contributed by atoms with Crippen LogP contribution in [-0.4, -0.2) is 13.1 Å². The van der Waals surface area contributed by atoms with Crippen LogP contribution in [0.1, 0.15) is 23.5 Å². The summed E-state index contributed by atoms with van der Waals surface area (Å²) in [5, 5.41) is 0. The molecule has 19 heavy (non-hydrogen) atoms. The molecule has 0 radical (unpaired) electrons. The molecule has 1 aliphatic rings. The van der Waals surface area contributed by atoms with Gasteiger partial charge in [-0.1, -0.05) is 36.4 Å². The second kappa shape index (κ2) is 4.96. The number of rotatable bonds is 2. The summed E-state index contributed by atoms with van der Waals surface area (Å²) in [6, 6.07) is 17.2. The monoisotopic (exact) mass is 252 g/mol. The zero-order chi connectivity index (χ0) is 13.2. The lowest BCUT2D eigenvalue weighted by molar-refractivity contribution is 0.775. The summed E-state index contributed by atoms with van der Waals surface area (Å²) in [4.78, 5) is 2.44. The van der Waals surface area contributed by atoms with Crippen molar-refractivity contribution < 1.29 is 0 Å². The molecule has 98 valence electrons. The minimum atomic E-state index is 0.642. The molecule has 1 heterocycles. The molecule has 3 rings (SSSR count). The fourth-order valence-electron chi connectivity index (χ4n) is 2.82. The van der Waals surface area contributed by atoms with Crippen molar-refractivity contribution in [3.05, 3.63) is 59.7 Å². The van der Waals surface area contributed by atoms with Gasteiger partial charge in [0.05, 0.1) is 0 Å². The maximum atomic E-state index is 6.01. The highest BCUT2D eigenvalue weighted by atomic mass is 15.1. The highest BCUT2D eigenvalue weighted by Crippen LogP contribution is 2.31. The summed E-state index contributed by atoms with van der Waals surface area (Å²) in [6.07, 6.45) is 1.22. The van der Waals surface area contributed by atoms with E-state index in [2.05, 4.69) is 60.4 Å². The topological polar surface area (TPSA) is 29.3 Å². The lowest BCUT2D eigenvalue weighted by Gasteiger charge is -2.20. The van der Waals surface area contributed by atoms with Crippen LogP contribution in [0.2, 0.25) is 0 Å². The van der Waals surface area contributed by atoms with Gasteiger partial charge in [0.15, 0.2) is 0 Å². The maximum Gasteiger partial charge on any atom is 0.0387 e. The summed E-state index contributed by atoms with van der Waals surface area (Å²) in [5.74, 6) is 0.642. The van der Waals surface area contributed by atoms with Crippen LogP contribution in [0.3, 0.4) is 0 Å². The van der Waals surface area contributed by atoms with Crippen LogP contribution in [0.15, 0.2) is 48.5 Å². The van der Waals surface area contributed by atoms with Crippen molar-refractivity contribution in [3.8, 4) is 0 Å². The predicted octanol–water partition coefficient (Wildman–Crippen LogP) is 3.57. The lowest BCUT2D eigenvalue weighted by Crippen LogP contribution is -2.19. The Morgan fingerprint density at radius 3 is 2.63 bits per heavy atom. The average Bonchev–Trinajstić information content (AvgIpc) is 2.93. The van der Waals surface area contributed by atoms with E-state index in [1.54, 1.807) is 0 Å². The minimum absolute atomic E-state index is 0.642. The molecule has 1 saturated heterocycles. The molecule has 0 bridgehead atoms. The molecule has 0 spiro atoms. The molecule has 2 nitrogen and oxygen atoms in total. The van der Waals surface area contributed by atoms with Crippen molar-refractivity contribution in [2.75, 3.05) is 23.7 Å². The Balaban J connectivity index is 1.77. The fraction of sp³-hybridized carbons (Fsp3) is 0.294. The molecule has 2 aromatic rings. The number of aryl methyl sites for hydroxylation is 1. The number of hydrogen-bond acceptors (Lipinski definition) is 2. The molecule has 1 atom stereocenters. The first kappa shape index (κ1) is 12.1. The number of nitrogens with zero attached hydrogens (tertiary/aromatic N) is 1. The standard InChI is InChI=1S/C17H20N2/c1-13-7-8-16(11-17(13)18)19-10-9-15(12-19)14-5-3-2-4-6-14/h2-8,11,15H,9-10,12,18H2,1H3. The molecular formula is C17H20N2. The highest BCUT2D eigenvalue weighted by molar-refractivity contribution is 5.60. The third-order valence-corrected chi connectivity index (χ3v) is 4.09. The molecule has 2 N–H and O–H groups in total. The van der Waals surface area contributed by atoms with Crippen LogP contribution in [0, 0.1) is 6.92 Å². The largest absolute Gasteiger partial charge is 0.398 e. The van der Waals surface area contributed by atoms with E-state index in [9.17, 15) is 0 Å². The summed E-state index contributed by atoms with van der Waals surface area (Å²) < 4.78 is 0. The van der Waals surface area contributed by atoms with E-state index >= 15 is 0 Å². The van der Waals surface area contributed by atoms with Crippen LogP contribution in [0.25, 0.3) is 0 Å². The maximum absolute atomic E-state index is 6.01. The van der Waals surface area contributed by atoms with E-state index in [0.717, 1.165) is 24.3 Å². The first-order valence-electron chi connectivity index (χ1n) is 6.90. The lowest BCUT2D eigenvalue weighted by atomic mass is 9.99. The van der Waals surface area contributed by atoms with Gasteiger partial charge in [-0.2, -0.15) is 0 Å². The van der Waals surface area contributed by atoms with E-state index in [1.165, 1.54) is 17.7 Å². The van der Waals surface area contributed by atoms with Gasteiger partial charge in [0.25, 0.3) is 0 Å². The van der Waals surface area contributed by atoms with Crippen molar-refractivity contribution in [1.82, 2.24) is 0 Å². The minimum Gasteiger partial charge on any atom is -0.398 e. The summed E-state index contributed by atoms with van der Waals surface area (Å²) in [6.45, 7) is 4.25. The summed E-state index contributed by atoms with van der Waals surface area (Å²) >= 11 is 0. The second-order valence-electron chi connectivity index (χ2n) is 5.38. The van der Waals surface area contributed by atoms with Crippen molar-refractivity contribution >= 4 is 11.4 Å². The number of anilines is 2. The molecule has 0 aromatic heterocycles. The fourth-order valence-corrected chi connectivity index (χ4v) is 2.82. The van der Waals surface area contributed by atoms with Gasteiger partial charge in [0.1, 0.15) is 0 Å². The van der Waals surface area contributed by atoms with Gasteiger partial charge in [0, 0.05) is 30.4 Å². The van der Waals surface area contributed by atoms with Gasteiger partial charge in [-0.15, -0.1) is 0 Å². The molecule has 2 aromatic carbocycles. The Bertz CT molecular complexity index is 563. The van der Waals surface area contributed by atoms with Gasteiger partial charge < -0.3 is 10.6 Å². The van der Waals surface area contributed by atoms with Crippen LogP contribution >= 0.6 is 0 Å². The third-order valence-electron chi connectivity index (χ3n) is 4.09. The number of nitrogens with two attached hydrogens (primary N) is 1. The molecule has 2 heteroatoms. The molecule has 1 unspecified atom stereocenters. The Kier molecular flexibility index (Phi) is 3.16. The van der Waals surface area contributed by atoms with Gasteiger partial charge in [-0.25, -0.2) is 0 Å². The van der Waals surface area contributed by atoms with Crippen LogP contribution in [-0.2, 0) is 0 Å². The Labute approximate surface area is 114 Å². The van der Waals surface area contributed by atoms with Gasteiger partial charge in [-0.3, -0.25) is 0 Å². The van der Waals surface area contributed by atoms with Crippen LogP contribution in [0.4, 0.5) is 11.4 Å². The van der Waals surface area contributed by atoms with Gasteiger partial charge >= 0.3 is 0 Å². The Hall–Kier alpha value is -1.96. The first-order chi connectivity index (χ1) is 9.24. The quantitative estimate of drug-likeness (QED) is 0.828. The van der Waals surface area contributed by atoms with E-state index in [4.69, 9.17) is 5.73 Å². The molecular weight excluding hydrogens is 232 g/mol. The van der Waals surface area contributed by atoms with Crippen molar-refractivity contribution in [3.63, 3.8) is 0 Å². The zero-order valence-electron chi connectivity index (χ0n) is 11.3. The van der Waals surface area contributed by atoms with Crippen molar-refractivity contribution in [2.45, 2.75) is 19.3 Å². The Morgan fingerprint density at radius 1 is 1.11 bits per heavy atom. The van der Waals surface area contributed by atoms with Gasteiger partial charge in [0.2, 0.25) is 0 Å². The average molecular weight is 252 g/mol. The van der Waals surface area contributed by atoms with Crippen LogP contribution in [0.5, 0.6) is 0 Å². The van der Waals surface area contributed by atoms with E-state index < -0.39 is 0 Å². The van der Waals surface area contributed by atoms with Gasteiger partial charge in [-0.05, 0) is 36.6 Å². The zero-order valence-corrected chi connectivity index (χ0v) is 11.3. The molecule has 0 saturated carbocycles. The molecule has 0 amide bonds. The van der Waals surface area contributed by atoms with Crippen molar-refractivity contribution in [2.24, 2.45) is 0 Å². The van der Waals surface area contributed by atoms with E-state index in [1.807, 2.05) is 0 Å². The predicted molar refractivity (Wildman–Crippen MR) is 81.6 cm³/mol. The molecule has 1 aliphatic heterocycles. The molecule has 1 fully saturated rings. The van der Waals surface area contributed by atoms with E-state index in [0.29, 0.717) is 5.92 Å². The highest BCUT2D eigenvalue weighted by Gasteiger charge is 2.23. The SMILES string of the molecule is Cc1ccc(N2CCC(c3ccccc3)C2)cc1N. The second-order valence-corrected chi connectivity index (χ2v) is 5.38. The van der Waals surface area contributed by atoms with E-state index in [-0.39, 0.29) is 0 Å². The number of nitrogen functional groups attached to an aromatic ring is 1. The molecule has 0 aliphatic carbocycles. The first-order valence-corrected chi connectivity index (χ1v) is 6.90. The third kappa shape index (κ3) is 2.43. The smallest absolute Gasteiger partial charge is 0.0387 e. The number of benzene rings is 2. The number of hydrogen-bond donors (Lipinski definition) is 1. The summed E-state index contributed by atoms with van der Waals surface area (Å²) in [5.41, 5.74) is 10.8. The van der Waals surface area contributed by atoms with Crippen molar-refractivity contribution in [1.29, 1.82) is 0 Å². The summed E-state index contributed by atoms with van der Waals surface area (Å²) in [7, 11) is 0. The normalized spacial score (nSPS) is 18.8.